The maximum absolute atomic E-state index is 14.0. The fraction of sp³-hybridized carbons (Fsp3) is 0.600. The topological polar surface area (TPSA) is 12.0 Å². The molecule has 0 unspecified atom stereocenters. The predicted molar refractivity (Wildman–Crippen MR) is 77.2 cm³/mol. The van der Waals surface area contributed by atoms with Gasteiger partial charge in [-0.25, -0.2) is 4.39 Å². The molecule has 2 rings (SSSR count). The first-order valence-electron chi connectivity index (χ1n) is 6.74. The molecule has 18 heavy (non-hydrogen) atoms. The Morgan fingerprint density at radius 3 is 2.61 bits per heavy atom. The zero-order chi connectivity index (χ0) is 13.0. The maximum atomic E-state index is 14.0. The minimum Gasteiger partial charge on any atom is -0.319 e. The van der Waals surface area contributed by atoms with Crippen LogP contribution in [0.25, 0.3) is 0 Å². The summed E-state index contributed by atoms with van der Waals surface area (Å²) in [6.07, 6.45) is 7.16. The molecule has 1 N–H and O–H groups in total. The van der Waals surface area contributed by atoms with E-state index in [1.165, 1.54) is 32.1 Å². The summed E-state index contributed by atoms with van der Waals surface area (Å²) >= 11 is 3.31. The molecule has 1 aromatic carbocycles. The molecule has 0 heterocycles. The lowest BCUT2D eigenvalue weighted by Crippen LogP contribution is -2.36. The van der Waals surface area contributed by atoms with Crippen molar-refractivity contribution in [3.8, 4) is 0 Å². The molecule has 3 heteroatoms. The average molecular weight is 314 g/mol. The smallest absolute Gasteiger partial charge is 0.127 e. The first-order valence-corrected chi connectivity index (χ1v) is 7.53. The lowest BCUT2D eigenvalue weighted by atomic mass is 9.70. The first-order chi connectivity index (χ1) is 8.65. The second-order valence-corrected chi connectivity index (χ2v) is 6.42. The third-order valence-electron chi connectivity index (χ3n) is 4.05. The molecule has 1 saturated carbocycles. The summed E-state index contributed by atoms with van der Waals surface area (Å²) in [5.74, 6) is -0.0783. The van der Waals surface area contributed by atoms with Crippen LogP contribution in [0.2, 0.25) is 0 Å². The molecule has 0 atom stereocenters. The molecule has 1 aromatic rings. The summed E-state index contributed by atoms with van der Waals surface area (Å²) in [5.41, 5.74) is 1.11. The Kier molecular flexibility index (Phi) is 4.79. The highest BCUT2D eigenvalue weighted by molar-refractivity contribution is 9.10. The molecule has 0 saturated heterocycles. The highest BCUT2D eigenvalue weighted by Crippen LogP contribution is 2.39. The van der Waals surface area contributed by atoms with E-state index in [0.717, 1.165) is 23.0 Å². The van der Waals surface area contributed by atoms with E-state index in [-0.39, 0.29) is 11.2 Å². The third-order valence-corrected chi connectivity index (χ3v) is 4.54. The van der Waals surface area contributed by atoms with Gasteiger partial charge in [0.1, 0.15) is 5.82 Å². The van der Waals surface area contributed by atoms with E-state index in [2.05, 4.69) is 21.2 Å². The van der Waals surface area contributed by atoms with Crippen LogP contribution in [0.1, 0.15) is 37.7 Å². The van der Waals surface area contributed by atoms with Crippen molar-refractivity contribution in [1.82, 2.24) is 5.32 Å². The summed E-state index contributed by atoms with van der Waals surface area (Å²) in [5, 5.41) is 3.30. The van der Waals surface area contributed by atoms with Gasteiger partial charge in [0.15, 0.2) is 0 Å². The Balaban J connectivity index is 2.17. The van der Waals surface area contributed by atoms with Crippen molar-refractivity contribution in [1.29, 1.82) is 0 Å². The lowest BCUT2D eigenvalue weighted by molar-refractivity contribution is 0.183. The maximum Gasteiger partial charge on any atom is 0.127 e. The highest BCUT2D eigenvalue weighted by atomic mass is 79.9. The predicted octanol–water partition coefficient (Wildman–Crippen LogP) is 4.30. The molecule has 100 valence electrons. The number of benzene rings is 1. The Bertz CT molecular complexity index is 394. The highest BCUT2D eigenvalue weighted by Gasteiger charge is 2.32. The van der Waals surface area contributed by atoms with Crippen molar-refractivity contribution >= 4 is 15.9 Å². The van der Waals surface area contributed by atoms with Crippen LogP contribution in [0.4, 0.5) is 4.39 Å². The van der Waals surface area contributed by atoms with E-state index < -0.39 is 0 Å². The normalized spacial score (nSPS) is 18.8. The molecule has 1 aliphatic carbocycles. The van der Waals surface area contributed by atoms with Gasteiger partial charge < -0.3 is 5.32 Å². The summed E-state index contributed by atoms with van der Waals surface area (Å²) in [4.78, 5) is 0. The number of hydrogen-bond acceptors (Lipinski definition) is 1. The first kappa shape index (κ1) is 14.0. The molecule has 0 aromatic heterocycles. The van der Waals surface area contributed by atoms with Crippen molar-refractivity contribution in [2.75, 3.05) is 13.6 Å². The summed E-state index contributed by atoms with van der Waals surface area (Å²) in [6, 6.07) is 5.44. The average Bonchev–Trinajstić information content (AvgIpc) is 2.34. The lowest BCUT2D eigenvalue weighted by Gasteiger charge is -2.37. The number of nitrogens with one attached hydrogen (secondary N) is 1. The standard InChI is InChI=1S/C15H21BrFN/c1-18-11-15(7-3-2-4-8-15)10-12-5-6-13(16)9-14(12)17/h5-6,9,18H,2-4,7-8,10-11H2,1H3. The Morgan fingerprint density at radius 2 is 2.00 bits per heavy atom. The molecule has 0 aliphatic heterocycles. The molecule has 0 amide bonds. The molecular formula is C15H21BrFN. The monoisotopic (exact) mass is 313 g/mol. The molecule has 1 aliphatic rings. The van der Waals surface area contributed by atoms with Gasteiger partial charge in [-0.05, 0) is 49.4 Å². The van der Waals surface area contributed by atoms with Gasteiger partial charge in [0.05, 0.1) is 0 Å². The Hall–Kier alpha value is -0.410. The van der Waals surface area contributed by atoms with Crippen LogP contribution in [0.3, 0.4) is 0 Å². The molecule has 0 radical (unpaired) electrons. The van der Waals surface area contributed by atoms with Crippen LogP contribution < -0.4 is 5.32 Å². The SMILES string of the molecule is CNCC1(Cc2ccc(Br)cc2F)CCCCC1. The molecular weight excluding hydrogens is 293 g/mol. The Morgan fingerprint density at radius 1 is 1.28 bits per heavy atom. The zero-order valence-corrected chi connectivity index (χ0v) is 12.5. The van der Waals surface area contributed by atoms with E-state index in [1.807, 2.05) is 19.2 Å². The zero-order valence-electron chi connectivity index (χ0n) is 10.9. The second-order valence-electron chi connectivity index (χ2n) is 5.50. The summed E-state index contributed by atoms with van der Waals surface area (Å²) in [6.45, 7) is 0.989. The third kappa shape index (κ3) is 3.33. The number of hydrogen-bond donors (Lipinski definition) is 1. The summed E-state index contributed by atoms with van der Waals surface area (Å²) in [7, 11) is 1.99. The van der Waals surface area contributed by atoms with Crippen molar-refractivity contribution in [2.24, 2.45) is 5.41 Å². The fourth-order valence-electron chi connectivity index (χ4n) is 3.16. The second kappa shape index (κ2) is 6.16. The van der Waals surface area contributed by atoms with Crippen LogP contribution in [0.15, 0.2) is 22.7 Å². The van der Waals surface area contributed by atoms with Gasteiger partial charge in [-0.1, -0.05) is 41.3 Å². The molecule has 1 nitrogen and oxygen atoms in total. The van der Waals surface area contributed by atoms with Crippen LogP contribution >= 0.6 is 15.9 Å². The quantitative estimate of drug-likeness (QED) is 0.874. The van der Waals surface area contributed by atoms with Crippen LogP contribution in [0, 0.1) is 11.2 Å². The molecule has 1 fully saturated rings. The number of halogens is 2. The van der Waals surface area contributed by atoms with Crippen molar-refractivity contribution in [3.05, 3.63) is 34.1 Å². The van der Waals surface area contributed by atoms with Gasteiger partial charge in [-0.3, -0.25) is 0 Å². The molecule has 0 spiro atoms. The van der Waals surface area contributed by atoms with E-state index in [9.17, 15) is 4.39 Å². The van der Waals surface area contributed by atoms with Gasteiger partial charge in [-0.15, -0.1) is 0 Å². The van der Waals surface area contributed by atoms with E-state index in [1.54, 1.807) is 6.07 Å². The summed E-state index contributed by atoms with van der Waals surface area (Å²) < 4.78 is 14.8. The van der Waals surface area contributed by atoms with Crippen LogP contribution in [-0.2, 0) is 6.42 Å². The fourth-order valence-corrected chi connectivity index (χ4v) is 3.50. The van der Waals surface area contributed by atoms with Gasteiger partial charge in [0, 0.05) is 11.0 Å². The van der Waals surface area contributed by atoms with Crippen molar-refractivity contribution in [2.45, 2.75) is 38.5 Å². The minimum atomic E-state index is -0.0783. The van der Waals surface area contributed by atoms with Crippen molar-refractivity contribution < 1.29 is 4.39 Å². The van der Waals surface area contributed by atoms with E-state index >= 15 is 0 Å². The van der Waals surface area contributed by atoms with E-state index in [4.69, 9.17) is 0 Å². The van der Waals surface area contributed by atoms with E-state index in [0.29, 0.717) is 0 Å². The minimum absolute atomic E-state index is 0.0783. The Labute approximate surface area is 117 Å². The van der Waals surface area contributed by atoms with Crippen LogP contribution in [0.5, 0.6) is 0 Å². The van der Waals surface area contributed by atoms with Crippen molar-refractivity contribution in [3.63, 3.8) is 0 Å². The number of rotatable bonds is 4. The largest absolute Gasteiger partial charge is 0.319 e. The molecule has 0 bridgehead atoms. The van der Waals surface area contributed by atoms with Crippen LogP contribution in [-0.4, -0.2) is 13.6 Å². The van der Waals surface area contributed by atoms with Gasteiger partial charge in [0.25, 0.3) is 0 Å². The van der Waals surface area contributed by atoms with Gasteiger partial charge in [-0.2, -0.15) is 0 Å². The van der Waals surface area contributed by atoms with Gasteiger partial charge >= 0.3 is 0 Å². The van der Waals surface area contributed by atoms with Gasteiger partial charge in [0.2, 0.25) is 0 Å².